The number of halogens is 1. The van der Waals surface area contributed by atoms with Crippen molar-refractivity contribution in [2.24, 2.45) is 12.8 Å². The first-order valence-electron chi connectivity index (χ1n) is 8.56. The molecule has 0 bridgehead atoms. The number of primary amides is 1. The molecule has 0 saturated carbocycles. The lowest BCUT2D eigenvalue weighted by atomic mass is 10.2. The van der Waals surface area contributed by atoms with Gasteiger partial charge in [-0.15, -0.1) is 0 Å². The van der Waals surface area contributed by atoms with E-state index in [0.717, 1.165) is 5.69 Å². The lowest BCUT2D eigenvalue weighted by molar-refractivity contribution is 0.100. The molecule has 4 rings (SSSR count). The first-order chi connectivity index (χ1) is 13.4. The highest BCUT2D eigenvalue weighted by Gasteiger charge is 2.16. The molecule has 140 valence electrons. The average molecular weight is 376 g/mol. The maximum absolute atomic E-state index is 13.3. The summed E-state index contributed by atoms with van der Waals surface area (Å²) in [7, 11) is 1.81. The Morgan fingerprint density at radius 3 is 2.61 bits per heavy atom. The molecule has 2 aromatic carbocycles. The van der Waals surface area contributed by atoms with E-state index in [4.69, 9.17) is 5.73 Å². The summed E-state index contributed by atoms with van der Waals surface area (Å²) >= 11 is 0. The fourth-order valence-electron chi connectivity index (χ4n) is 3.04. The molecule has 0 aliphatic rings. The molecule has 0 aliphatic heterocycles. The largest absolute Gasteiger partial charge is 0.366 e. The van der Waals surface area contributed by atoms with Crippen LogP contribution in [0.1, 0.15) is 16.1 Å². The highest BCUT2D eigenvalue weighted by atomic mass is 19.1. The predicted molar refractivity (Wildman–Crippen MR) is 105 cm³/mol. The zero-order valence-corrected chi connectivity index (χ0v) is 15.3. The van der Waals surface area contributed by atoms with E-state index in [-0.39, 0.29) is 5.82 Å². The van der Waals surface area contributed by atoms with Crippen LogP contribution in [-0.2, 0) is 7.05 Å². The molecule has 7 nitrogen and oxygen atoms in total. The molecular formula is C20H17FN6O. The van der Waals surface area contributed by atoms with Crippen molar-refractivity contribution in [3.8, 4) is 11.4 Å². The van der Waals surface area contributed by atoms with Crippen LogP contribution in [0.25, 0.3) is 22.4 Å². The number of aryl methyl sites for hydroxylation is 2. The van der Waals surface area contributed by atoms with E-state index in [1.165, 1.54) is 12.1 Å². The molecule has 0 unspecified atom stereocenters. The number of amides is 1. The van der Waals surface area contributed by atoms with Gasteiger partial charge in [-0.25, -0.2) is 14.4 Å². The van der Waals surface area contributed by atoms with E-state index in [2.05, 4.69) is 20.4 Å². The summed E-state index contributed by atoms with van der Waals surface area (Å²) in [6.45, 7) is 1.86. The Balaban J connectivity index is 1.87. The van der Waals surface area contributed by atoms with Crippen molar-refractivity contribution in [1.82, 2.24) is 19.7 Å². The van der Waals surface area contributed by atoms with Crippen LogP contribution in [0.15, 0.2) is 48.5 Å². The van der Waals surface area contributed by atoms with Crippen LogP contribution in [0.4, 0.5) is 15.9 Å². The molecule has 4 aromatic rings. The molecule has 0 fully saturated rings. The minimum absolute atomic E-state index is 0.330. The Bertz CT molecular complexity index is 1200. The third-order valence-electron chi connectivity index (χ3n) is 4.36. The molecule has 0 radical (unpaired) electrons. The average Bonchev–Trinajstić information content (AvgIpc) is 2.96. The van der Waals surface area contributed by atoms with Gasteiger partial charge in [-0.3, -0.25) is 9.48 Å². The van der Waals surface area contributed by atoms with Crippen molar-refractivity contribution >= 4 is 28.4 Å². The minimum atomic E-state index is -0.514. The van der Waals surface area contributed by atoms with Gasteiger partial charge in [0.05, 0.1) is 5.69 Å². The van der Waals surface area contributed by atoms with Gasteiger partial charge < -0.3 is 11.1 Å². The number of nitrogens with zero attached hydrogens (tertiary/aromatic N) is 4. The smallest absolute Gasteiger partial charge is 0.248 e. The molecule has 28 heavy (non-hydrogen) atoms. The van der Waals surface area contributed by atoms with Crippen LogP contribution in [0, 0.1) is 12.7 Å². The summed E-state index contributed by atoms with van der Waals surface area (Å²) in [6, 6.07) is 12.8. The molecule has 2 heterocycles. The second-order valence-electron chi connectivity index (χ2n) is 6.38. The van der Waals surface area contributed by atoms with E-state index >= 15 is 0 Å². The summed E-state index contributed by atoms with van der Waals surface area (Å²) in [5.74, 6) is 0.120. The maximum Gasteiger partial charge on any atom is 0.248 e. The van der Waals surface area contributed by atoms with Gasteiger partial charge in [0.1, 0.15) is 16.9 Å². The van der Waals surface area contributed by atoms with Crippen molar-refractivity contribution in [2.75, 3.05) is 5.32 Å². The van der Waals surface area contributed by atoms with Gasteiger partial charge in [-0.1, -0.05) is 6.07 Å². The van der Waals surface area contributed by atoms with Gasteiger partial charge in [0.2, 0.25) is 5.91 Å². The number of anilines is 2. The standard InChI is InChI=1S/C20H17FN6O/c1-11-16-17(27(2)26-11)20(23-15-5-3-4-13(10-15)18(22)28)25-19(24-16)12-6-8-14(21)9-7-12/h3-10H,1-2H3,(H2,22,28)(H,23,24,25). The third-order valence-corrected chi connectivity index (χ3v) is 4.36. The van der Waals surface area contributed by atoms with Crippen LogP contribution in [0.5, 0.6) is 0 Å². The van der Waals surface area contributed by atoms with Gasteiger partial charge in [-0.05, 0) is 49.4 Å². The van der Waals surface area contributed by atoms with Crippen LogP contribution in [0.2, 0.25) is 0 Å². The zero-order chi connectivity index (χ0) is 19.8. The maximum atomic E-state index is 13.3. The van der Waals surface area contributed by atoms with Gasteiger partial charge in [0, 0.05) is 23.9 Å². The highest BCUT2D eigenvalue weighted by Crippen LogP contribution is 2.29. The van der Waals surface area contributed by atoms with E-state index < -0.39 is 5.91 Å². The van der Waals surface area contributed by atoms with Crippen molar-refractivity contribution in [3.63, 3.8) is 0 Å². The molecular weight excluding hydrogens is 359 g/mol. The number of nitrogens with one attached hydrogen (secondary N) is 1. The molecule has 0 aliphatic carbocycles. The van der Waals surface area contributed by atoms with Gasteiger partial charge >= 0.3 is 0 Å². The Morgan fingerprint density at radius 2 is 1.89 bits per heavy atom. The zero-order valence-electron chi connectivity index (χ0n) is 15.3. The van der Waals surface area contributed by atoms with Crippen molar-refractivity contribution in [3.05, 3.63) is 65.6 Å². The fraction of sp³-hybridized carbons (Fsp3) is 0.100. The number of carbonyl (C=O) groups excluding carboxylic acids is 1. The Hall–Kier alpha value is -3.81. The molecule has 0 saturated heterocycles. The summed E-state index contributed by atoms with van der Waals surface area (Å²) in [5, 5.41) is 7.65. The number of benzene rings is 2. The van der Waals surface area contributed by atoms with Gasteiger partial charge in [-0.2, -0.15) is 5.10 Å². The summed E-state index contributed by atoms with van der Waals surface area (Å²) in [4.78, 5) is 20.7. The summed E-state index contributed by atoms with van der Waals surface area (Å²) in [6.07, 6.45) is 0. The topological polar surface area (TPSA) is 98.7 Å². The lowest BCUT2D eigenvalue weighted by Gasteiger charge is -2.11. The normalized spacial score (nSPS) is 11.0. The molecule has 3 N–H and O–H groups in total. The molecule has 8 heteroatoms. The Labute approximate surface area is 160 Å². The number of carbonyl (C=O) groups is 1. The summed E-state index contributed by atoms with van der Waals surface area (Å²) in [5.41, 5.74) is 9.24. The lowest BCUT2D eigenvalue weighted by Crippen LogP contribution is -2.11. The number of hydrogen-bond acceptors (Lipinski definition) is 5. The molecule has 2 aromatic heterocycles. The van der Waals surface area contributed by atoms with E-state index in [1.54, 1.807) is 48.1 Å². The third kappa shape index (κ3) is 3.16. The Morgan fingerprint density at radius 1 is 1.14 bits per heavy atom. The molecule has 0 atom stereocenters. The highest BCUT2D eigenvalue weighted by molar-refractivity contribution is 5.95. The van der Waals surface area contributed by atoms with Crippen LogP contribution < -0.4 is 11.1 Å². The number of aromatic nitrogens is 4. The van der Waals surface area contributed by atoms with Crippen molar-refractivity contribution in [2.45, 2.75) is 6.92 Å². The number of hydrogen-bond donors (Lipinski definition) is 2. The van der Waals surface area contributed by atoms with Gasteiger partial charge in [0.15, 0.2) is 11.6 Å². The second kappa shape index (κ2) is 6.73. The predicted octanol–water partition coefficient (Wildman–Crippen LogP) is 3.32. The quantitative estimate of drug-likeness (QED) is 0.569. The van der Waals surface area contributed by atoms with E-state index in [1.807, 2.05) is 6.92 Å². The van der Waals surface area contributed by atoms with Crippen LogP contribution in [0.3, 0.4) is 0 Å². The van der Waals surface area contributed by atoms with E-state index in [9.17, 15) is 9.18 Å². The molecule has 0 spiro atoms. The number of nitrogens with two attached hydrogens (primary N) is 1. The second-order valence-corrected chi connectivity index (χ2v) is 6.38. The first-order valence-corrected chi connectivity index (χ1v) is 8.56. The SMILES string of the molecule is Cc1nn(C)c2c(Nc3cccc(C(N)=O)c3)nc(-c3ccc(F)cc3)nc12. The van der Waals surface area contributed by atoms with Gasteiger partial charge in [0.25, 0.3) is 0 Å². The molecule has 1 amide bonds. The minimum Gasteiger partial charge on any atom is -0.366 e. The number of rotatable bonds is 4. The fourth-order valence-corrected chi connectivity index (χ4v) is 3.04. The van der Waals surface area contributed by atoms with E-state index in [0.29, 0.717) is 39.5 Å². The number of fused-ring (bicyclic) bond motifs is 1. The first kappa shape index (κ1) is 17.6. The monoisotopic (exact) mass is 376 g/mol. The van der Waals surface area contributed by atoms with Crippen LogP contribution >= 0.6 is 0 Å². The van der Waals surface area contributed by atoms with Crippen LogP contribution in [-0.4, -0.2) is 25.7 Å². The van der Waals surface area contributed by atoms with Crippen molar-refractivity contribution in [1.29, 1.82) is 0 Å². The van der Waals surface area contributed by atoms with Crippen molar-refractivity contribution < 1.29 is 9.18 Å². The Kier molecular flexibility index (Phi) is 4.23. The summed E-state index contributed by atoms with van der Waals surface area (Å²) < 4.78 is 15.0.